The highest BCUT2D eigenvalue weighted by molar-refractivity contribution is 7.92. The molecule has 0 radical (unpaired) electrons. The van der Waals surface area contributed by atoms with Crippen molar-refractivity contribution in [2.75, 3.05) is 5.32 Å². The fraction of sp³-hybridized carbons (Fsp3) is 0.0938. The first-order valence-electron chi connectivity index (χ1n) is 12.9. The van der Waals surface area contributed by atoms with Crippen molar-refractivity contribution in [2.24, 2.45) is 0 Å². The van der Waals surface area contributed by atoms with Gasteiger partial charge in [-0.15, -0.1) is 0 Å². The third-order valence-corrected chi connectivity index (χ3v) is 8.81. The topological polar surface area (TPSA) is 94.0 Å². The molecule has 0 aliphatic heterocycles. The molecule has 1 N–H and O–H groups in total. The largest absolute Gasteiger partial charge is 0.307 e. The number of hydrogen-bond acceptors (Lipinski definition) is 5. The van der Waals surface area contributed by atoms with E-state index in [9.17, 15) is 13.2 Å². The van der Waals surface area contributed by atoms with E-state index < -0.39 is 15.7 Å². The monoisotopic (exact) mass is 546 g/mol. The van der Waals surface area contributed by atoms with Gasteiger partial charge in [-0.25, -0.2) is 18.4 Å². The van der Waals surface area contributed by atoms with Crippen LogP contribution >= 0.6 is 0 Å². The lowest BCUT2D eigenvalue weighted by atomic mass is 10.1. The molecule has 4 aromatic carbocycles. The van der Waals surface area contributed by atoms with Crippen LogP contribution in [0.4, 0.5) is 5.82 Å². The van der Waals surface area contributed by atoms with E-state index in [1.807, 2.05) is 68.4 Å². The lowest BCUT2D eigenvalue weighted by Crippen LogP contribution is -2.19. The lowest BCUT2D eigenvalue weighted by molar-refractivity contribution is 0.102. The zero-order valence-electron chi connectivity index (χ0n) is 21.9. The highest BCUT2D eigenvalue weighted by atomic mass is 32.2. The Morgan fingerprint density at radius 1 is 0.775 bits per heavy atom. The summed E-state index contributed by atoms with van der Waals surface area (Å²) in [5.41, 5.74) is 3.99. The molecule has 2 aromatic heterocycles. The van der Waals surface area contributed by atoms with Crippen LogP contribution in [0.2, 0.25) is 0 Å². The predicted octanol–water partition coefficient (Wildman–Crippen LogP) is 6.59. The molecule has 0 fully saturated rings. The number of aryl methyl sites for hydroxylation is 1. The standard InChI is InChI=1S/C32H26N4O3S/c1-21-17-19-25(20-18-21)40(38,39)29-28-30(34-27-16-10-9-15-26(27)33-28)36(22(2)23-11-5-3-6-12-23)31(29)35-32(37)24-13-7-4-8-14-24/h3-20,22H,1-2H3,(H,35,37)/t22-/m1/s1. The van der Waals surface area contributed by atoms with Gasteiger partial charge < -0.3 is 9.88 Å². The minimum absolute atomic E-state index is 0.0864. The molecular weight excluding hydrogens is 520 g/mol. The van der Waals surface area contributed by atoms with Gasteiger partial charge in [-0.3, -0.25) is 4.79 Å². The molecule has 40 heavy (non-hydrogen) atoms. The van der Waals surface area contributed by atoms with Gasteiger partial charge in [0, 0.05) is 5.56 Å². The van der Waals surface area contributed by atoms with Crippen LogP contribution in [0.5, 0.6) is 0 Å². The molecule has 1 atom stereocenters. The van der Waals surface area contributed by atoms with Crippen molar-refractivity contribution in [2.45, 2.75) is 29.7 Å². The molecule has 0 unspecified atom stereocenters. The molecule has 198 valence electrons. The van der Waals surface area contributed by atoms with E-state index in [4.69, 9.17) is 9.97 Å². The van der Waals surface area contributed by atoms with Crippen molar-refractivity contribution in [3.63, 3.8) is 0 Å². The first-order valence-corrected chi connectivity index (χ1v) is 14.4. The van der Waals surface area contributed by atoms with E-state index in [0.717, 1.165) is 11.1 Å². The van der Waals surface area contributed by atoms with Crippen molar-refractivity contribution in [1.82, 2.24) is 14.5 Å². The average Bonchev–Trinajstić information content (AvgIpc) is 3.29. The van der Waals surface area contributed by atoms with E-state index in [1.165, 1.54) is 0 Å². The second kappa shape index (κ2) is 10.1. The van der Waals surface area contributed by atoms with E-state index in [2.05, 4.69) is 5.32 Å². The lowest BCUT2D eigenvalue weighted by Gasteiger charge is -2.20. The van der Waals surface area contributed by atoms with Crippen LogP contribution in [-0.4, -0.2) is 28.9 Å². The molecule has 0 saturated heterocycles. The third-order valence-electron chi connectivity index (χ3n) is 6.99. The zero-order valence-corrected chi connectivity index (χ0v) is 22.8. The summed E-state index contributed by atoms with van der Waals surface area (Å²) in [6.45, 7) is 3.85. The molecule has 2 heterocycles. The molecule has 0 saturated carbocycles. The van der Waals surface area contributed by atoms with Gasteiger partial charge in [0.05, 0.1) is 22.0 Å². The Bertz CT molecular complexity index is 1970. The number of benzene rings is 4. The fourth-order valence-electron chi connectivity index (χ4n) is 4.87. The van der Waals surface area contributed by atoms with E-state index >= 15 is 0 Å². The Morgan fingerprint density at radius 3 is 2.00 bits per heavy atom. The molecule has 8 heteroatoms. The van der Waals surface area contributed by atoms with Crippen LogP contribution in [0.15, 0.2) is 119 Å². The van der Waals surface area contributed by atoms with Crippen LogP contribution in [0, 0.1) is 6.92 Å². The summed E-state index contributed by atoms with van der Waals surface area (Å²) < 4.78 is 30.5. The molecule has 0 aliphatic rings. The zero-order chi connectivity index (χ0) is 27.9. The minimum atomic E-state index is -4.14. The molecule has 6 rings (SSSR count). The Morgan fingerprint density at radius 2 is 1.35 bits per heavy atom. The maximum Gasteiger partial charge on any atom is 0.256 e. The Hall–Kier alpha value is -4.82. The molecule has 0 bridgehead atoms. The SMILES string of the molecule is Cc1ccc(S(=O)(=O)c2c(NC(=O)c3ccccc3)n([C@H](C)c3ccccc3)c3nc4ccccc4nc23)cc1. The molecule has 1 amide bonds. The van der Waals surface area contributed by atoms with Gasteiger partial charge >= 0.3 is 0 Å². The number of carbonyl (C=O) groups is 1. The van der Waals surface area contributed by atoms with Gasteiger partial charge in [-0.1, -0.05) is 78.4 Å². The van der Waals surface area contributed by atoms with Gasteiger partial charge in [-0.2, -0.15) is 0 Å². The van der Waals surface area contributed by atoms with Crippen LogP contribution in [-0.2, 0) is 9.84 Å². The number of nitrogens with one attached hydrogen (secondary N) is 1. The van der Waals surface area contributed by atoms with E-state index in [-0.39, 0.29) is 27.2 Å². The van der Waals surface area contributed by atoms with Gasteiger partial charge in [0.1, 0.15) is 16.2 Å². The van der Waals surface area contributed by atoms with Crippen LogP contribution in [0.3, 0.4) is 0 Å². The molecule has 0 spiro atoms. The smallest absolute Gasteiger partial charge is 0.256 e. The summed E-state index contributed by atoms with van der Waals surface area (Å²) in [5.74, 6) is -0.314. The molecule has 0 aliphatic carbocycles. The van der Waals surface area contributed by atoms with Crippen molar-refractivity contribution >= 4 is 43.8 Å². The number of anilines is 1. The third kappa shape index (κ3) is 4.42. The summed E-state index contributed by atoms with van der Waals surface area (Å²) in [6.07, 6.45) is 0. The summed E-state index contributed by atoms with van der Waals surface area (Å²) >= 11 is 0. The van der Waals surface area contributed by atoms with Gasteiger partial charge in [0.15, 0.2) is 5.65 Å². The second-order valence-corrected chi connectivity index (χ2v) is 11.5. The molecule has 6 aromatic rings. The quantitative estimate of drug-likeness (QED) is 0.254. The maximum absolute atomic E-state index is 14.4. The van der Waals surface area contributed by atoms with Gasteiger partial charge in [-0.05, 0) is 55.8 Å². The number of rotatable bonds is 6. The first kappa shape index (κ1) is 25.5. The number of amides is 1. The summed E-state index contributed by atoms with van der Waals surface area (Å²) in [5, 5.41) is 2.94. The number of fused-ring (bicyclic) bond motifs is 2. The summed E-state index contributed by atoms with van der Waals surface area (Å²) in [4.78, 5) is 23.3. The summed E-state index contributed by atoms with van der Waals surface area (Å²) in [7, 11) is -4.14. The maximum atomic E-state index is 14.4. The number of aromatic nitrogens is 3. The second-order valence-electron chi connectivity index (χ2n) is 9.66. The minimum Gasteiger partial charge on any atom is -0.307 e. The Labute approximate surface area is 232 Å². The van der Waals surface area contributed by atoms with Crippen LogP contribution < -0.4 is 5.32 Å². The highest BCUT2D eigenvalue weighted by Gasteiger charge is 2.34. The number of nitrogens with zero attached hydrogens (tertiary/aromatic N) is 3. The van der Waals surface area contributed by atoms with E-state index in [1.54, 1.807) is 59.2 Å². The van der Waals surface area contributed by atoms with Crippen molar-refractivity contribution in [1.29, 1.82) is 0 Å². The molecular formula is C32H26N4O3S. The van der Waals surface area contributed by atoms with Crippen molar-refractivity contribution < 1.29 is 13.2 Å². The van der Waals surface area contributed by atoms with Gasteiger partial charge in [0.25, 0.3) is 5.91 Å². The van der Waals surface area contributed by atoms with Crippen LogP contribution in [0.25, 0.3) is 22.2 Å². The summed E-state index contributed by atoms with van der Waals surface area (Å²) in [6, 6.07) is 32.0. The highest BCUT2D eigenvalue weighted by Crippen LogP contribution is 2.40. The number of sulfone groups is 1. The average molecular weight is 547 g/mol. The van der Waals surface area contributed by atoms with Crippen molar-refractivity contribution in [3.05, 3.63) is 126 Å². The van der Waals surface area contributed by atoms with Gasteiger partial charge in [0.2, 0.25) is 9.84 Å². The Kier molecular flexibility index (Phi) is 6.40. The predicted molar refractivity (Wildman–Crippen MR) is 156 cm³/mol. The number of para-hydroxylation sites is 2. The molecule has 7 nitrogen and oxygen atoms in total. The normalized spacial score (nSPS) is 12.4. The Balaban J connectivity index is 1.71. The first-order chi connectivity index (χ1) is 19.3. The fourth-order valence-corrected chi connectivity index (χ4v) is 6.40. The van der Waals surface area contributed by atoms with E-state index in [0.29, 0.717) is 22.2 Å². The number of carbonyl (C=O) groups excluding carboxylic acids is 1. The van der Waals surface area contributed by atoms with Crippen molar-refractivity contribution in [3.8, 4) is 0 Å². The number of hydrogen-bond donors (Lipinski definition) is 1. The van der Waals surface area contributed by atoms with Crippen LogP contribution in [0.1, 0.15) is 34.5 Å².